The highest BCUT2D eigenvalue weighted by molar-refractivity contribution is 7.13. The lowest BCUT2D eigenvalue weighted by Crippen LogP contribution is -2.15. The molecule has 5 heteroatoms. The second-order valence-corrected chi connectivity index (χ2v) is 6.85. The van der Waals surface area contributed by atoms with E-state index in [2.05, 4.69) is 15.3 Å². The minimum Gasteiger partial charge on any atom is -0.325 e. The zero-order valence-electron chi connectivity index (χ0n) is 14.5. The molecule has 0 aliphatic heterocycles. The first-order valence-corrected chi connectivity index (χ1v) is 9.48. The molecule has 1 amide bonds. The quantitative estimate of drug-likeness (QED) is 0.534. The summed E-state index contributed by atoms with van der Waals surface area (Å²) in [5, 5.41) is 5.75. The van der Waals surface area contributed by atoms with Crippen molar-refractivity contribution in [2.45, 2.75) is 6.42 Å². The van der Waals surface area contributed by atoms with E-state index in [0.29, 0.717) is 0 Å². The summed E-state index contributed by atoms with van der Waals surface area (Å²) >= 11 is 1.50. The van der Waals surface area contributed by atoms with Crippen LogP contribution < -0.4 is 5.32 Å². The van der Waals surface area contributed by atoms with Gasteiger partial charge in [0.05, 0.1) is 17.8 Å². The molecule has 0 unspecified atom stereocenters. The van der Waals surface area contributed by atoms with E-state index in [0.717, 1.165) is 33.2 Å². The second kappa shape index (κ2) is 7.93. The van der Waals surface area contributed by atoms with Crippen LogP contribution in [0.15, 0.2) is 84.4 Å². The molecule has 1 N–H and O–H groups in total. The third-order valence-corrected chi connectivity index (χ3v) is 4.98. The van der Waals surface area contributed by atoms with Gasteiger partial charge in [-0.1, -0.05) is 54.6 Å². The Kier molecular flexibility index (Phi) is 5.03. The minimum absolute atomic E-state index is 0.0868. The molecule has 0 fully saturated rings. The summed E-state index contributed by atoms with van der Waals surface area (Å²) < 4.78 is 0. The third-order valence-electron chi connectivity index (χ3n) is 4.06. The second-order valence-electron chi connectivity index (χ2n) is 6.00. The van der Waals surface area contributed by atoms with Crippen molar-refractivity contribution < 1.29 is 4.79 Å². The highest BCUT2D eigenvalue weighted by atomic mass is 32.1. The van der Waals surface area contributed by atoms with Crippen molar-refractivity contribution in [2.75, 3.05) is 5.32 Å². The van der Waals surface area contributed by atoms with Gasteiger partial charge in [0.15, 0.2) is 0 Å². The molecule has 0 saturated carbocycles. The van der Waals surface area contributed by atoms with Crippen LogP contribution in [-0.4, -0.2) is 15.9 Å². The number of pyridine rings is 1. The van der Waals surface area contributed by atoms with Gasteiger partial charge in [-0.3, -0.25) is 9.78 Å². The Balaban J connectivity index is 1.49. The normalized spacial score (nSPS) is 10.5. The maximum absolute atomic E-state index is 12.5. The van der Waals surface area contributed by atoms with Crippen molar-refractivity contribution in [1.82, 2.24) is 9.97 Å². The first kappa shape index (κ1) is 17.1. The van der Waals surface area contributed by atoms with E-state index in [9.17, 15) is 4.79 Å². The van der Waals surface area contributed by atoms with E-state index in [-0.39, 0.29) is 12.3 Å². The van der Waals surface area contributed by atoms with Gasteiger partial charge < -0.3 is 5.32 Å². The number of nitrogens with zero attached hydrogens (tertiary/aromatic N) is 2. The molecule has 132 valence electrons. The number of thiazole rings is 1. The van der Waals surface area contributed by atoms with Crippen LogP contribution in [0.4, 0.5) is 5.69 Å². The van der Waals surface area contributed by atoms with Gasteiger partial charge in [-0.15, -0.1) is 11.3 Å². The minimum atomic E-state index is -0.0868. The first-order valence-electron chi connectivity index (χ1n) is 8.60. The molecule has 2 aromatic heterocycles. The molecule has 0 saturated heterocycles. The van der Waals surface area contributed by atoms with Gasteiger partial charge in [0.1, 0.15) is 5.01 Å². The number of amides is 1. The van der Waals surface area contributed by atoms with Gasteiger partial charge in [0.25, 0.3) is 0 Å². The van der Waals surface area contributed by atoms with Crippen LogP contribution in [0.3, 0.4) is 0 Å². The van der Waals surface area contributed by atoms with E-state index in [1.165, 1.54) is 11.3 Å². The topological polar surface area (TPSA) is 54.9 Å². The fourth-order valence-electron chi connectivity index (χ4n) is 2.82. The zero-order chi connectivity index (χ0) is 18.5. The van der Waals surface area contributed by atoms with Crippen molar-refractivity contribution >= 4 is 22.9 Å². The van der Waals surface area contributed by atoms with Gasteiger partial charge in [-0.25, -0.2) is 4.98 Å². The number of carbonyl (C=O) groups excluding carboxylic acids is 1. The molecule has 4 nitrogen and oxygen atoms in total. The van der Waals surface area contributed by atoms with Crippen LogP contribution in [0.2, 0.25) is 0 Å². The van der Waals surface area contributed by atoms with E-state index in [1.807, 2.05) is 78.2 Å². The number of hydrogen-bond donors (Lipinski definition) is 1. The number of rotatable bonds is 5. The summed E-state index contributed by atoms with van der Waals surface area (Å²) in [5.41, 5.74) is 4.44. The molecule has 4 aromatic rings. The van der Waals surface area contributed by atoms with Crippen LogP contribution in [0, 0.1) is 0 Å². The number of anilines is 1. The Morgan fingerprint density at radius 3 is 2.52 bits per heavy atom. The average molecular weight is 371 g/mol. The van der Waals surface area contributed by atoms with Gasteiger partial charge in [-0.2, -0.15) is 0 Å². The summed E-state index contributed by atoms with van der Waals surface area (Å²) in [4.78, 5) is 21.4. The van der Waals surface area contributed by atoms with Crippen molar-refractivity contribution in [2.24, 2.45) is 0 Å². The monoisotopic (exact) mass is 371 g/mol. The molecule has 0 spiro atoms. The lowest BCUT2D eigenvalue weighted by atomic mass is 10.0. The maximum Gasteiger partial charge on any atom is 0.230 e. The molecule has 0 atom stereocenters. The molecule has 2 heterocycles. The van der Waals surface area contributed by atoms with Gasteiger partial charge in [-0.05, 0) is 23.8 Å². The highest BCUT2D eigenvalue weighted by Gasteiger charge is 2.12. The van der Waals surface area contributed by atoms with Crippen molar-refractivity contribution in [3.63, 3.8) is 0 Å². The number of carbonyl (C=O) groups is 1. The predicted molar refractivity (Wildman–Crippen MR) is 110 cm³/mol. The Morgan fingerprint density at radius 2 is 1.70 bits per heavy atom. The smallest absolute Gasteiger partial charge is 0.230 e. The summed E-state index contributed by atoms with van der Waals surface area (Å²) in [5.74, 6) is -0.0868. The maximum atomic E-state index is 12.5. The fraction of sp³-hybridized carbons (Fsp3) is 0.0455. The lowest BCUT2D eigenvalue weighted by molar-refractivity contribution is -0.115. The average Bonchev–Trinajstić information content (AvgIpc) is 3.18. The Bertz CT molecular complexity index is 1050. The molecule has 0 radical (unpaired) electrons. The van der Waals surface area contributed by atoms with Crippen molar-refractivity contribution in [1.29, 1.82) is 0 Å². The largest absolute Gasteiger partial charge is 0.325 e. The Labute approximate surface area is 161 Å². The SMILES string of the molecule is O=C(Cc1csc(-c2ccccn2)n1)Nc1ccccc1-c1ccccc1. The summed E-state index contributed by atoms with van der Waals surface area (Å²) in [6, 6.07) is 23.5. The summed E-state index contributed by atoms with van der Waals surface area (Å²) in [6.07, 6.45) is 1.97. The standard InChI is InChI=1S/C22H17N3OS/c26-21(14-17-15-27-22(24-17)20-12-6-7-13-23-20)25-19-11-5-4-10-18(19)16-8-2-1-3-9-16/h1-13,15H,14H2,(H,25,26). The van der Waals surface area contributed by atoms with Crippen LogP contribution in [0.5, 0.6) is 0 Å². The molecular formula is C22H17N3OS. The number of benzene rings is 2. The number of nitrogens with one attached hydrogen (secondary N) is 1. The number of hydrogen-bond acceptors (Lipinski definition) is 4. The predicted octanol–water partition coefficient (Wildman–Crippen LogP) is 5.05. The van der Waals surface area contributed by atoms with E-state index in [1.54, 1.807) is 6.20 Å². The Hall–Kier alpha value is -3.31. The molecule has 2 aromatic carbocycles. The molecule has 0 bridgehead atoms. The third kappa shape index (κ3) is 4.10. The lowest BCUT2D eigenvalue weighted by Gasteiger charge is -2.11. The number of aromatic nitrogens is 2. The fourth-order valence-corrected chi connectivity index (χ4v) is 3.61. The molecule has 4 rings (SSSR count). The van der Waals surface area contributed by atoms with Gasteiger partial charge in [0.2, 0.25) is 5.91 Å². The van der Waals surface area contributed by atoms with Crippen LogP contribution >= 0.6 is 11.3 Å². The van der Waals surface area contributed by atoms with Gasteiger partial charge >= 0.3 is 0 Å². The van der Waals surface area contributed by atoms with E-state index in [4.69, 9.17) is 0 Å². The van der Waals surface area contributed by atoms with Crippen LogP contribution in [0.25, 0.3) is 21.8 Å². The summed E-state index contributed by atoms with van der Waals surface area (Å²) in [6.45, 7) is 0. The van der Waals surface area contributed by atoms with Crippen molar-refractivity contribution in [3.8, 4) is 21.8 Å². The number of para-hydroxylation sites is 1. The van der Waals surface area contributed by atoms with Crippen molar-refractivity contribution in [3.05, 3.63) is 90.1 Å². The highest BCUT2D eigenvalue weighted by Crippen LogP contribution is 2.28. The van der Waals surface area contributed by atoms with Crippen LogP contribution in [-0.2, 0) is 11.2 Å². The van der Waals surface area contributed by atoms with E-state index < -0.39 is 0 Å². The van der Waals surface area contributed by atoms with Crippen LogP contribution in [0.1, 0.15) is 5.69 Å². The zero-order valence-corrected chi connectivity index (χ0v) is 15.3. The first-order chi connectivity index (χ1) is 13.3. The molecular weight excluding hydrogens is 354 g/mol. The molecule has 27 heavy (non-hydrogen) atoms. The van der Waals surface area contributed by atoms with Gasteiger partial charge in [0, 0.05) is 22.8 Å². The summed E-state index contributed by atoms with van der Waals surface area (Å²) in [7, 11) is 0. The van der Waals surface area contributed by atoms with E-state index >= 15 is 0 Å². The molecule has 0 aliphatic rings. The molecule has 0 aliphatic carbocycles. The Morgan fingerprint density at radius 1 is 0.926 bits per heavy atom.